The summed E-state index contributed by atoms with van der Waals surface area (Å²) in [6.07, 6.45) is 7.94. The summed E-state index contributed by atoms with van der Waals surface area (Å²) in [6, 6.07) is 6.59. The number of benzene rings is 1. The number of methoxy groups -OCH3 is 1. The van der Waals surface area contributed by atoms with Gasteiger partial charge in [-0.1, -0.05) is 0 Å². The Bertz CT molecular complexity index is 1200. The van der Waals surface area contributed by atoms with Gasteiger partial charge in [-0.3, -0.25) is 0 Å². The second kappa shape index (κ2) is 10.2. The number of carbonyl (C=O) groups is 1. The van der Waals surface area contributed by atoms with Crippen molar-refractivity contribution in [3.05, 3.63) is 53.7 Å². The molecule has 9 heteroatoms. The summed E-state index contributed by atoms with van der Waals surface area (Å²) in [5, 5.41) is 6.40. The summed E-state index contributed by atoms with van der Waals surface area (Å²) in [5.41, 5.74) is 4.11. The number of hydrogen-bond donors (Lipinski definition) is 3. The molecule has 7 nitrogen and oxygen atoms in total. The zero-order valence-electron chi connectivity index (χ0n) is 18.9. The Balaban J connectivity index is 1.69. The molecule has 3 aromatic rings. The Hall–Kier alpha value is -2.82. The van der Waals surface area contributed by atoms with Crippen LogP contribution < -0.4 is 41.3 Å². The first-order chi connectivity index (χ1) is 16.7. The van der Waals surface area contributed by atoms with Crippen LogP contribution in [0, 0.1) is 5.82 Å². The van der Waals surface area contributed by atoms with Crippen LogP contribution in [0.1, 0.15) is 45.7 Å². The van der Waals surface area contributed by atoms with Crippen molar-refractivity contribution in [2.24, 2.45) is 0 Å². The predicted molar refractivity (Wildman–Crippen MR) is 124 cm³/mol. The fraction of sp³-hybridized carbons (Fsp3) is 0.360. The van der Waals surface area contributed by atoms with Crippen LogP contribution in [0.4, 0.5) is 15.8 Å². The summed E-state index contributed by atoms with van der Waals surface area (Å²) in [7, 11) is 1.43. The van der Waals surface area contributed by atoms with E-state index in [-0.39, 0.29) is 36.8 Å². The number of hydrogen-bond acceptors (Lipinski definition) is 5. The van der Waals surface area contributed by atoms with E-state index in [1.165, 1.54) is 30.4 Å². The van der Waals surface area contributed by atoms with Crippen molar-refractivity contribution in [3.63, 3.8) is 0 Å². The van der Waals surface area contributed by atoms with E-state index in [2.05, 4.69) is 20.6 Å². The fourth-order valence-corrected chi connectivity index (χ4v) is 7.58. The minimum atomic E-state index is -0.474. The first kappa shape index (κ1) is 22.9. The van der Waals surface area contributed by atoms with Crippen molar-refractivity contribution in [1.29, 1.82) is 0 Å². The maximum atomic E-state index is 14.5. The first-order valence-electron chi connectivity index (χ1n) is 11.5. The first-order valence-corrected chi connectivity index (χ1v) is 14.2. The van der Waals surface area contributed by atoms with Crippen LogP contribution in [0.15, 0.2) is 36.7 Å². The molecule has 0 saturated carbocycles. The maximum absolute atomic E-state index is 14.5. The van der Waals surface area contributed by atoms with Crippen LogP contribution in [0.3, 0.4) is 0 Å². The van der Waals surface area contributed by atoms with Crippen molar-refractivity contribution in [1.82, 2.24) is 15.3 Å². The van der Waals surface area contributed by atoms with Crippen molar-refractivity contribution >= 4 is 17.3 Å². The number of pyridine rings is 1. The van der Waals surface area contributed by atoms with Gasteiger partial charge in [0.15, 0.2) is 0 Å². The summed E-state index contributed by atoms with van der Waals surface area (Å²) in [6.45, 7) is 1.25. The van der Waals surface area contributed by atoms with Gasteiger partial charge in [0, 0.05) is 0 Å². The molecule has 2 bridgehead atoms. The predicted octanol–water partition coefficient (Wildman–Crippen LogP) is 1.79. The number of aromatic amines is 1. The molecule has 0 aliphatic carbocycles. The molecular weight excluding hydrogens is 550 g/mol. The Morgan fingerprint density at radius 1 is 1.24 bits per heavy atom. The van der Waals surface area contributed by atoms with Gasteiger partial charge >= 0.3 is 209 Å². The van der Waals surface area contributed by atoms with Crippen LogP contribution in [0.25, 0.3) is 11.3 Å². The molecule has 180 valence electrons. The fourth-order valence-electron chi connectivity index (χ4n) is 4.41. The number of alkyl halides is 2. The van der Waals surface area contributed by atoms with Gasteiger partial charge in [-0.05, 0) is 0 Å². The van der Waals surface area contributed by atoms with Crippen molar-refractivity contribution < 1.29 is 39.9 Å². The van der Waals surface area contributed by atoms with E-state index in [1.54, 1.807) is 24.5 Å². The number of H-pyrrole nitrogens is 1. The Morgan fingerprint density at radius 3 is 3.00 bits per heavy atom. The molecule has 5 rings (SSSR count). The summed E-state index contributed by atoms with van der Waals surface area (Å²) in [5.74, 6) is 0.134. The quantitative estimate of drug-likeness (QED) is 0.327. The SMILES string of the molecule is COc1c(F)cccc1Nc1c2[nH]c3c1C(=O)NC[C@H]3[I-]CCCCCCOc1cnccc1-2. The molecule has 1 aromatic carbocycles. The molecule has 4 heterocycles. The van der Waals surface area contributed by atoms with E-state index in [4.69, 9.17) is 9.47 Å². The number of fused-ring (bicyclic) bond motifs is 3. The molecule has 0 fully saturated rings. The molecular formula is C25H27FIN4O3-. The van der Waals surface area contributed by atoms with E-state index in [9.17, 15) is 9.18 Å². The summed E-state index contributed by atoms with van der Waals surface area (Å²) in [4.78, 5) is 21.0. The van der Waals surface area contributed by atoms with E-state index in [0.717, 1.165) is 29.8 Å². The molecule has 0 radical (unpaired) electrons. The van der Waals surface area contributed by atoms with Gasteiger partial charge in [0.25, 0.3) is 0 Å². The number of anilines is 2. The average Bonchev–Trinajstić information content (AvgIpc) is 3.22. The van der Waals surface area contributed by atoms with Crippen molar-refractivity contribution in [2.45, 2.75) is 29.6 Å². The molecule has 2 aromatic heterocycles. The van der Waals surface area contributed by atoms with Gasteiger partial charge in [0.1, 0.15) is 0 Å². The number of aromatic nitrogens is 2. The van der Waals surface area contributed by atoms with E-state index >= 15 is 0 Å². The van der Waals surface area contributed by atoms with Crippen molar-refractivity contribution in [2.75, 3.05) is 30.0 Å². The van der Waals surface area contributed by atoms with E-state index in [0.29, 0.717) is 35.8 Å². The summed E-state index contributed by atoms with van der Waals surface area (Å²) < 4.78 is 27.4. The molecule has 2 aliphatic heterocycles. The topological polar surface area (TPSA) is 88.3 Å². The third-order valence-electron chi connectivity index (χ3n) is 6.08. The molecule has 3 N–H and O–H groups in total. The molecule has 2 aliphatic rings. The monoisotopic (exact) mass is 577 g/mol. The van der Waals surface area contributed by atoms with Crippen LogP contribution >= 0.6 is 0 Å². The normalized spacial score (nSPS) is 18.4. The summed E-state index contributed by atoms with van der Waals surface area (Å²) >= 11 is -0.159. The third-order valence-corrected chi connectivity index (χ3v) is 9.59. The zero-order valence-corrected chi connectivity index (χ0v) is 21.1. The number of amides is 1. The second-order valence-corrected chi connectivity index (χ2v) is 11.7. The Kier molecular flexibility index (Phi) is 6.89. The number of carbonyl (C=O) groups excluding carboxylic acids is 1. The molecule has 0 spiro atoms. The second-order valence-electron chi connectivity index (χ2n) is 8.26. The zero-order chi connectivity index (χ0) is 23.5. The number of para-hydroxylation sites is 1. The minimum absolute atomic E-state index is 0.0979. The van der Waals surface area contributed by atoms with E-state index < -0.39 is 5.82 Å². The molecule has 34 heavy (non-hydrogen) atoms. The van der Waals surface area contributed by atoms with Gasteiger partial charge < -0.3 is 0 Å². The molecule has 1 amide bonds. The van der Waals surface area contributed by atoms with Crippen LogP contribution in [0.2, 0.25) is 0 Å². The van der Waals surface area contributed by atoms with Gasteiger partial charge in [-0.15, -0.1) is 0 Å². The van der Waals surface area contributed by atoms with Crippen LogP contribution in [-0.2, 0) is 0 Å². The van der Waals surface area contributed by atoms with Crippen LogP contribution in [0.5, 0.6) is 11.5 Å². The van der Waals surface area contributed by atoms with Crippen molar-refractivity contribution in [3.8, 4) is 22.8 Å². The van der Waals surface area contributed by atoms with Gasteiger partial charge in [-0.2, -0.15) is 0 Å². The van der Waals surface area contributed by atoms with Gasteiger partial charge in [-0.25, -0.2) is 0 Å². The number of nitrogens with zero attached hydrogens (tertiary/aromatic N) is 1. The molecule has 0 saturated heterocycles. The molecule has 0 unspecified atom stereocenters. The number of nitrogens with one attached hydrogen (secondary N) is 3. The Labute approximate surface area is 208 Å². The number of ether oxygens (including phenoxy) is 2. The third kappa shape index (κ3) is 4.45. The molecule has 1 atom stereocenters. The van der Waals surface area contributed by atoms with E-state index in [1.807, 2.05) is 6.07 Å². The number of halogens is 2. The standard InChI is InChI=1S/C25H27FIN4O3/c1-33-24-16(26)7-6-8-18(24)30-23-20-22-17(13-29-25(20)32)27-10-4-2-3-5-12-34-19-14-28-11-9-15(19)21(23)31-22/h6-9,11,14,17,30-31H,2-5,10,12-13H2,1H3,(H,29,32)/q-1/t17-/m1/s1. The van der Waals surface area contributed by atoms with Gasteiger partial charge in [0.05, 0.1) is 0 Å². The Morgan fingerprint density at radius 2 is 2.12 bits per heavy atom. The van der Waals surface area contributed by atoms with Crippen LogP contribution in [-0.4, -0.2) is 40.6 Å². The average molecular weight is 577 g/mol. The number of rotatable bonds is 3. The van der Waals surface area contributed by atoms with Gasteiger partial charge in [0.2, 0.25) is 0 Å².